The van der Waals surface area contributed by atoms with Gasteiger partial charge in [-0.25, -0.2) is 4.57 Å². The maximum Gasteiger partial charge on any atom is 0.212 e. The van der Waals surface area contributed by atoms with Crippen molar-refractivity contribution in [1.29, 1.82) is 0 Å². The van der Waals surface area contributed by atoms with Gasteiger partial charge in [-0.1, -0.05) is 18.2 Å². The second kappa shape index (κ2) is 4.92. The van der Waals surface area contributed by atoms with E-state index in [0.717, 1.165) is 0 Å². The lowest BCUT2D eigenvalue weighted by Crippen LogP contribution is -2.31. The highest BCUT2D eigenvalue weighted by molar-refractivity contribution is 7.25. The molecule has 22 heavy (non-hydrogen) atoms. The van der Waals surface area contributed by atoms with Crippen LogP contribution in [0.5, 0.6) is 0 Å². The largest absolute Gasteiger partial charge is 0.212 e. The summed E-state index contributed by atoms with van der Waals surface area (Å²) in [5, 5.41) is 2.72. The number of rotatable bonds is 1. The summed E-state index contributed by atoms with van der Waals surface area (Å²) in [6.07, 6.45) is 2.19. The number of aromatic nitrogens is 1. The van der Waals surface area contributed by atoms with Crippen LogP contribution in [0.3, 0.4) is 0 Å². The van der Waals surface area contributed by atoms with Crippen LogP contribution in [0, 0.1) is 13.8 Å². The molecule has 108 valence electrons. The van der Waals surface area contributed by atoms with E-state index in [2.05, 4.69) is 80.2 Å². The number of hydrogen-bond donors (Lipinski definition) is 0. The molecule has 2 aromatic heterocycles. The Morgan fingerprint density at radius 2 is 1.68 bits per heavy atom. The quantitative estimate of drug-likeness (QED) is 0.427. The zero-order valence-corrected chi connectivity index (χ0v) is 13.9. The van der Waals surface area contributed by atoms with Gasteiger partial charge in [-0.05, 0) is 43.7 Å². The van der Waals surface area contributed by atoms with Crippen LogP contribution in [-0.4, -0.2) is 0 Å². The summed E-state index contributed by atoms with van der Waals surface area (Å²) in [7, 11) is 2.12. The molecule has 4 aromatic rings. The van der Waals surface area contributed by atoms with Gasteiger partial charge in [0.2, 0.25) is 5.69 Å². The van der Waals surface area contributed by atoms with E-state index >= 15 is 0 Å². The monoisotopic (exact) mass is 304 g/mol. The summed E-state index contributed by atoms with van der Waals surface area (Å²) < 4.78 is 4.96. The number of fused-ring (bicyclic) bond motifs is 3. The molecule has 0 aliphatic heterocycles. The first-order valence-corrected chi connectivity index (χ1v) is 8.34. The summed E-state index contributed by atoms with van der Waals surface area (Å²) in [5.74, 6) is 0. The fourth-order valence-electron chi connectivity index (χ4n) is 3.17. The lowest BCUT2D eigenvalue weighted by Gasteiger charge is -2.06. The molecule has 0 saturated carbocycles. The van der Waals surface area contributed by atoms with E-state index in [1.54, 1.807) is 0 Å². The Labute approximate surface area is 134 Å². The molecular formula is C20H18NS+. The number of pyridine rings is 1. The summed E-state index contributed by atoms with van der Waals surface area (Å²) in [6.45, 7) is 4.34. The highest BCUT2D eigenvalue weighted by Crippen LogP contribution is 2.37. The Balaban J connectivity index is 2.05. The minimum Gasteiger partial charge on any atom is -0.201 e. The average Bonchev–Trinajstić information content (AvgIpc) is 2.84. The summed E-state index contributed by atoms with van der Waals surface area (Å²) >= 11 is 1.88. The first-order valence-electron chi connectivity index (χ1n) is 7.52. The summed E-state index contributed by atoms with van der Waals surface area (Å²) in [5.41, 5.74) is 5.20. The third-order valence-electron chi connectivity index (χ3n) is 4.28. The molecular weight excluding hydrogens is 286 g/mol. The van der Waals surface area contributed by atoms with Crippen LogP contribution in [0.1, 0.15) is 11.1 Å². The van der Waals surface area contributed by atoms with Crippen molar-refractivity contribution in [1.82, 2.24) is 0 Å². The van der Waals surface area contributed by atoms with Crippen molar-refractivity contribution < 1.29 is 4.57 Å². The zero-order chi connectivity index (χ0) is 15.3. The molecule has 0 saturated heterocycles. The Kier molecular flexibility index (Phi) is 3.02. The normalized spacial score (nSPS) is 11.4. The van der Waals surface area contributed by atoms with E-state index in [1.165, 1.54) is 42.6 Å². The molecule has 0 unspecified atom stereocenters. The van der Waals surface area contributed by atoms with Crippen molar-refractivity contribution in [3.8, 4) is 11.3 Å². The van der Waals surface area contributed by atoms with Gasteiger partial charge in [-0.2, -0.15) is 0 Å². The van der Waals surface area contributed by atoms with E-state index in [-0.39, 0.29) is 0 Å². The number of nitrogens with zero attached hydrogens (tertiary/aromatic N) is 1. The third kappa shape index (κ3) is 2.03. The SMILES string of the molecule is Cc1ccc(-c2cc3c(cc2C)sc2ccccc23)[n+](C)c1. The smallest absolute Gasteiger partial charge is 0.201 e. The number of benzene rings is 2. The van der Waals surface area contributed by atoms with Crippen LogP contribution in [0.25, 0.3) is 31.4 Å². The van der Waals surface area contributed by atoms with Crippen molar-refractivity contribution in [3.05, 3.63) is 65.9 Å². The van der Waals surface area contributed by atoms with Crippen molar-refractivity contribution in [2.75, 3.05) is 0 Å². The van der Waals surface area contributed by atoms with Crippen molar-refractivity contribution in [2.45, 2.75) is 13.8 Å². The van der Waals surface area contributed by atoms with Gasteiger partial charge in [0.1, 0.15) is 7.05 Å². The minimum absolute atomic E-state index is 1.26. The topological polar surface area (TPSA) is 3.88 Å². The van der Waals surface area contributed by atoms with Gasteiger partial charge >= 0.3 is 0 Å². The lowest BCUT2D eigenvalue weighted by atomic mass is 10.0. The van der Waals surface area contributed by atoms with E-state index in [1.807, 2.05) is 11.3 Å². The Morgan fingerprint density at radius 1 is 0.864 bits per heavy atom. The number of hydrogen-bond acceptors (Lipinski definition) is 1. The van der Waals surface area contributed by atoms with Gasteiger partial charge in [-0.3, -0.25) is 0 Å². The second-order valence-electron chi connectivity index (χ2n) is 5.96. The van der Waals surface area contributed by atoms with Gasteiger partial charge in [0.15, 0.2) is 6.20 Å². The number of aryl methyl sites for hydroxylation is 3. The lowest BCUT2D eigenvalue weighted by molar-refractivity contribution is -0.660. The van der Waals surface area contributed by atoms with Crippen molar-refractivity contribution in [3.63, 3.8) is 0 Å². The van der Waals surface area contributed by atoms with Gasteiger partial charge in [0, 0.05) is 37.4 Å². The molecule has 0 aliphatic rings. The fourth-order valence-corrected chi connectivity index (χ4v) is 4.36. The Morgan fingerprint density at radius 3 is 2.50 bits per heavy atom. The highest BCUT2D eigenvalue weighted by Gasteiger charge is 2.15. The molecule has 0 atom stereocenters. The molecule has 0 radical (unpaired) electrons. The minimum atomic E-state index is 1.26. The first-order chi connectivity index (χ1) is 10.6. The Hall–Kier alpha value is -2.19. The fraction of sp³-hybridized carbons (Fsp3) is 0.150. The molecule has 2 heteroatoms. The molecule has 1 nitrogen and oxygen atoms in total. The summed E-state index contributed by atoms with van der Waals surface area (Å²) in [6, 6.07) is 17.8. The van der Waals surface area contributed by atoms with Gasteiger partial charge < -0.3 is 0 Å². The van der Waals surface area contributed by atoms with Gasteiger partial charge in [-0.15, -0.1) is 11.3 Å². The highest BCUT2D eigenvalue weighted by atomic mass is 32.1. The predicted molar refractivity (Wildman–Crippen MR) is 95.4 cm³/mol. The van der Waals surface area contributed by atoms with Crippen molar-refractivity contribution >= 4 is 31.5 Å². The average molecular weight is 304 g/mol. The van der Waals surface area contributed by atoms with Gasteiger partial charge in [0.25, 0.3) is 0 Å². The van der Waals surface area contributed by atoms with Crippen molar-refractivity contribution in [2.24, 2.45) is 7.05 Å². The molecule has 0 fully saturated rings. The van der Waals surface area contributed by atoms with E-state index in [4.69, 9.17) is 0 Å². The van der Waals surface area contributed by atoms with Crippen LogP contribution in [-0.2, 0) is 7.05 Å². The first kappa shape index (κ1) is 13.5. The molecule has 4 rings (SSSR count). The molecule has 0 amide bonds. The molecule has 0 spiro atoms. The molecule has 0 N–H and O–H groups in total. The third-order valence-corrected chi connectivity index (χ3v) is 5.41. The second-order valence-corrected chi connectivity index (χ2v) is 7.05. The number of thiophene rings is 1. The maximum absolute atomic E-state index is 2.36. The molecule has 0 bridgehead atoms. The summed E-state index contributed by atoms with van der Waals surface area (Å²) in [4.78, 5) is 0. The van der Waals surface area contributed by atoms with E-state index < -0.39 is 0 Å². The zero-order valence-electron chi connectivity index (χ0n) is 13.1. The van der Waals surface area contributed by atoms with Crippen LogP contribution in [0.15, 0.2) is 54.7 Å². The molecule has 0 aliphatic carbocycles. The predicted octanol–water partition coefficient (Wildman–Crippen LogP) is 5.16. The van der Waals surface area contributed by atoms with E-state index in [9.17, 15) is 0 Å². The van der Waals surface area contributed by atoms with E-state index in [0.29, 0.717) is 0 Å². The Bertz CT molecular complexity index is 1010. The van der Waals surface area contributed by atoms with Crippen LogP contribution < -0.4 is 4.57 Å². The van der Waals surface area contributed by atoms with Crippen LogP contribution in [0.4, 0.5) is 0 Å². The van der Waals surface area contributed by atoms with Gasteiger partial charge in [0.05, 0.1) is 0 Å². The molecule has 2 heterocycles. The van der Waals surface area contributed by atoms with Crippen LogP contribution >= 0.6 is 11.3 Å². The maximum atomic E-state index is 2.36. The molecule has 2 aromatic carbocycles. The standard InChI is InChI=1S/C20H18NS/c1-13-8-9-18(21(3)12-13)16-11-17-15-6-4-5-7-19(15)22-20(17)10-14(16)2/h4-12H,1-3H3/q+1. The van der Waals surface area contributed by atoms with Crippen LogP contribution in [0.2, 0.25) is 0 Å².